The van der Waals surface area contributed by atoms with E-state index in [0.29, 0.717) is 12.1 Å². The van der Waals surface area contributed by atoms with E-state index >= 15 is 0 Å². The van der Waals surface area contributed by atoms with Crippen LogP contribution in [-0.4, -0.2) is 24.5 Å². The van der Waals surface area contributed by atoms with E-state index in [0.717, 1.165) is 12.1 Å². The zero-order chi connectivity index (χ0) is 21.6. The summed E-state index contributed by atoms with van der Waals surface area (Å²) in [6, 6.07) is 3.07. The van der Waals surface area contributed by atoms with E-state index in [4.69, 9.17) is 0 Å². The molecule has 0 aliphatic rings. The van der Waals surface area contributed by atoms with E-state index in [2.05, 4.69) is 20.5 Å². The summed E-state index contributed by atoms with van der Waals surface area (Å²) in [4.78, 5) is 3.73. The summed E-state index contributed by atoms with van der Waals surface area (Å²) in [5.74, 6) is -5.49. The van der Waals surface area contributed by atoms with Gasteiger partial charge in [-0.1, -0.05) is 0 Å². The van der Waals surface area contributed by atoms with Gasteiger partial charge in [0, 0.05) is 31.3 Å². The summed E-state index contributed by atoms with van der Waals surface area (Å²) in [6.07, 6.45) is 2.49. The van der Waals surface area contributed by atoms with E-state index in [-0.39, 0.29) is 22.8 Å². The van der Waals surface area contributed by atoms with Crippen molar-refractivity contribution in [2.75, 3.05) is 5.32 Å². The Morgan fingerprint density at radius 2 is 1.50 bits per heavy atom. The van der Waals surface area contributed by atoms with Crippen LogP contribution in [0.4, 0.5) is 33.5 Å². The number of nitrogens with zero attached hydrogens (tertiary/aromatic N) is 5. The highest BCUT2D eigenvalue weighted by atomic mass is 19.2. The van der Waals surface area contributed by atoms with Crippen LogP contribution in [0.25, 0.3) is 16.8 Å². The van der Waals surface area contributed by atoms with Gasteiger partial charge in [-0.15, -0.1) is 0 Å². The quantitative estimate of drug-likeness (QED) is 0.497. The number of aryl methyl sites for hydroxylation is 2. The minimum Gasteiger partial charge on any atom is -0.335 e. The number of halogens is 5. The first-order valence-corrected chi connectivity index (χ1v) is 8.56. The first-order valence-electron chi connectivity index (χ1n) is 8.56. The maximum atomic E-state index is 14.9. The van der Waals surface area contributed by atoms with Crippen LogP contribution in [0.3, 0.4) is 0 Å². The number of aromatic nitrogens is 5. The zero-order valence-corrected chi connectivity index (χ0v) is 15.6. The van der Waals surface area contributed by atoms with Crippen molar-refractivity contribution in [1.29, 1.82) is 0 Å². The summed E-state index contributed by atoms with van der Waals surface area (Å²) >= 11 is 0. The molecule has 0 aliphatic carbocycles. The van der Waals surface area contributed by atoms with Crippen LogP contribution < -0.4 is 5.32 Å². The van der Waals surface area contributed by atoms with Crippen LogP contribution >= 0.6 is 0 Å². The van der Waals surface area contributed by atoms with Gasteiger partial charge in [0.05, 0.1) is 22.5 Å². The smallest absolute Gasteiger partial charge is 0.152 e. The van der Waals surface area contributed by atoms with E-state index in [1.165, 1.54) is 36.0 Å². The van der Waals surface area contributed by atoms with Gasteiger partial charge in [-0.3, -0.25) is 4.68 Å². The van der Waals surface area contributed by atoms with Gasteiger partial charge in [-0.25, -0.2) is 31.6 Å². The Hall–Kier alpha value is -3.76. The van der Waals surface area contributed by atoms with Crippen molar-refractivity contribution in [3.05, 3.63) is 71.7 Å². The molecule has 0 radical (unpaired) electrons. The molecule has 4 aromatic rings. The van der Waals surface area contributed by atoms with Crippen LogP contribution in [0, 0.1) is 36.0 Å². The highest BCUT2D eigenvalue weighted by molar-refractivity contribution is 5.82. The molecule has 0 unspecified atom stereocenters. The second-order valence-corrected chi connectivity index (χ2v) is 6.43. The van der Waals surface area contributed by atoms with Gasteiger partial charge in [0.15, 0.2) is 11.6 Å². The molecule has 0 aliphatic heterocycles. The highest BCUT2D eigenvalue weighted by Gasteiger charge is 2.25. The van der Waals surface area contributed by atoms with Crippen LogP contribution in [0.5, 0.6) is 0 Å². The van der Waals surface area contributed by atoms with Crippen molar-refractivity contribution in [3.63, 3.8) is 0 Å². The molecule has 2 heterocycles. The molecule has 0 amide bonds. The molecule has 6 nitrogen and oxygen atoms in total. The van der Waals surface area contributed by atoms with Gasteiger partial charge in [0.2, 0.25) is 0 Å². The van der Waals surface area contributed by atoms with Crippen molar-refractivity contribution >= 4 is 11.5 Å². The molecule has 0 saturated carbocycles. The van der Waals surface area contributed by atoms with E-state index in [1.54, 1.807) is 0 Å². The van der Waals surface area contributed by atoms with Gasteiger partial charge in [-0.05, 0) is 6.92 Å². The predicted molar refractivity (Wildman–Crippen MR) is 97.8 cm³/mol. The fraction of sp³-hybridized carbons (Fsp3) is 0.105. The van der Waals surface area contributed by atoms with Gasteiger partial charge in [0.25, 0.3) is 0 Å². The summed E-state index contributed by atoms with van der Waals surface area (Å²) in [7, 11) is 1.43. The Balaban J connectivity index is 1.86. The second-order valence-electron chi connectivity index (χ2n) is 6.43. The van der Waals surface area contributed by atoms with Gasteiger partial charge in [0.1, 0.15) is 41.6 Å². The van der Waals surface area contributed by atoms with Crippen LogP contribution in [0.1, 0.15) is 5.69 Å². The van der Waals surface area contributed by atoms with Crippen LogP contribution in [0.2, 0.25) is 0 Å². The van der Waals surface area contributed by atoms with Crippen molar-refractivity contribution in [2.45, 2.75) is 6.92 Å². The lowest BCUT2D eigenvalue weighted by atomic mass is 10.0. The molecule has 0 fully saturated rings. The largest absolute Gasteiger partial charge is 0.335 e. The number of hydrogen-bond donors (Lipinski definition) is 1. The lowest BCUT2D eigenvalue weighted by Gasteiger charge is -2.13. The predicted octanol–water partition coefficient (Wildman–Crippen LogP) is 4.42. The Labute approximate surface area is 166 Å². The number of anilines is 2. The van der Waals surface area contributed by atoms with Crippen molar-refractivity contribution in [1.82, 2.24) is 24.5 Å². The molecular formula is C19H13F5N6. The number of hydrogen-bond acceptors (Lipinski definition) is 4. The Kier molecular flexibility index (Phi) is 4.72. The maximum absolute atomic E-state index is 14.9. The first kappa shape index (κ1) is 19.6. The van der Waals surface area contributed by atoms with Gasteiger partial charge >= 0.3 is 0 Å². The number of nitrogens with one attached hydrogen (secondary N) is 1. The SMILES string of the molecule is Cc1nn(C)c(Nc2c(F)cc(F)cc2F)c1-c1c(F)cc(-n2cncn2)cc1F. The average molecular weight is 420 g/mol. The average Bonchev–Trinajstić information content (AvgIpc) is 3.27. The fourth-order valence-electron chi connectivity index (χ4n) is 3.15. The summed E-state index contributed by atoms with van der Waals surface area (Å²) < 4.78 is 73.6. The lowest BCUT2D eigenvalue weighted by molar-refractivity contribution is 0.548. The molecule has 2 aromatic heterocycles. The van der Waals surface area contributed by atoms with Crippen molar-refractivity contribution in [3.8, 4) is 16.8 Å². The molecular weight excluding hydrogens is 407 g/mol. The van der Waals surface area contributed by atoms with Crippen LogP contribution in [0.15, 0.2) is 36.9 Å². The van der Waals surface area contributed by atoms with Crippen molar-refractivity contribution < 1.29 is 22.0 Å². The van der Waals surface area contributed by atoms with E-state index < -0.39 is 40.3 Å². The van der Waals surface area contributed by atoms with E-state index in [9.17, 15) is 22.0 Å². The number of rotatable bonds is 4. The second kappa shape index (κ2) is 7.25. The van der Waals surface area contributed by atoms with E-state index in [1.807, 2.05) is 0 Å². The Morgan fingerprint density at radius 3 is 2.07 bits per heavy atom. The first-order chi connectivity index (χ1) is 14.3. The standard InChI is InChI=1S/C19H13F5N6/c1-9-16(17-12(21)5-11(6-13(17)22)30-8-25-7-26-30)19(29(2)28-9)27-18-14(23)3-10(20)4-15(18)24/h3-8,27H,1-2H3. The summed E-state index contributed by atoms with van der Waals surface area (Å²) in [6.45, 7) is 1.49. The molecule has 0 spiro atoms. The summed E-state index contributed by atoms with van der Waals surface area (Å²) in [5, 5.41) is 10.4. The number of benzene rings is 2. The fourth-order valence-corrected chi connectivity index (χ4v) is 3.15. The molecule has 0 atom stereocenters. The third kappa shape index (κ3) is 3.27. The Bertz CT molecular complexity index is 1200. The molecule has 2 aromatic carbocycles. The molecule has 30 heavy (non-hydrogen) atoms. The van der Waals surface area contributed by atoms with Crippen molar-refractivity contribution in [2.24, 2.45) is 7.05 Å². The van der Waals surface area contributed by atoms with Gasteiger partial charge < -0.3 is 5.32 Å². The maximum Gasteiger partial charge on any atom is 0.152 e. The minimum absolute atomic E-state index is 0.0410. The zero-order valence-electron chi connectivity index (χ0n) is 15.6. The minimum atomic E-state index is -1.21. The molecule has 0 saturated heterocycles. The monoisotopic (exact) mass is 420 g/mol. The summed E-state index contributed by atoms with van der Waals surface area (Å²) in [5.41, 5.74) is -0.872. The topological polar surface area (TPSA) is 60.6 Å². The molecule has 154 valence electrons. The third-order valence-electron chi connectivity index (χ3n) is 4.43. The van der Waals surface area contributed by atoms with Gasteiger partial charge in [-0.2, -0.15) is 10.2 Å². The lowest BCUT2D eigenvalue weighted by Crippen LogP contribution is -2.05. The molecule has 1 N–H and O–H groups in total. The molecule has 4 rings (SSSR count). The van der Waals surface area contributed by atoms with Crippen LogP contribution in [-0.2, 0) is 7.05 Å². The highest BCUT2D eigenvalue weighted by Crippen LogP contribution is 2.38. The molecule has 0 bridgehead atoms. The molecule has 11 heteroatoms. The Morgan fingerprint density at radius 1 is 0.867 bits per heavy atom. The third-order valence-corrected chi connectivity index (χ3v) is 4.43. The normalized spacial score (nSPS) is 11.2.